The number of hydrogen-bond donors (Lipinski definition) is 0. The second-order valence-electron chi connectivity index (χ2n) is 7.53. The summed E-state index contributed by atoms with van der Waals surface area (Å²) in [5.74, 6) is 1.86. The molecule has 1 aliphatic rings. The standard InChI is InChI=1S/C25H28N4O3S/c1-4-7-16-33-25-26-23-22(27-28-25)17-12-8-10-14-19(17)29(21(30)5-2)24(32-23)18-13-9-11-15-20(18)31-6-3/h8-15,24H,4-7,16H2,1-3H3/t24-/m0/s1. The summed E-state index contributed by atoms with van der Waals surface area (Å²) < 4.78 is 12.4. The molecule has 0 fully saturated rings. The summed E-state index contributed by atoms with van der Waals surface area (Å²) in [6, 6.07) is 15.3. The maximum atomic E-state index is 13.3. The van der Waals surface area contributed by atoms with Crippen LogP contribution in [0.2, 0.25) is 0 Å². The van der Waals surface area contributed by atoms with E-state index in [2.05, 4.69) is 17.1 Å². The van der Waals surface area contributed by atoms with E-state index in [1.807, 2.05) is 62.4 Å². The van der Waals surface area contributed by atoms with Crippen molar-refractivity contribution in [3.05, 3.63) is 54.1 Å². The van der Waals surface area contributed by atoms with Crippen molar-refractivity contribution >= 4 is 23.4 Å². The van der Waals surface area contributed by atoms with Crippen molar-refractivity contribution in [1.29, 1.82) is 0 Å². The van der Waals surface area contributed by atoms with Crippen LogP contribution in [0, 0.1) is 0 Å². The van der Waals surface area contributed by atoms with E-state index in [9.17, 15) is 4.79 Å². The Labute approximate surface area is 198 Å². The van der Waals surface area contributed by atoms with Crippen molar-refractivity contribution in [3.8, 4) is 22.9 Å². The zero-order chi connectivity index (χ0) is 23.2. The average Bonchev–Trinajstić information content (AvgIpc) is 2.98. The number of nitrogens with zero attached hydrogens (tertiary/aromatic N) is 4. The van der Waals surface area contributed by atoms with Crippen LogP contribution in [0.3, 0.4) is 0 Å². The molecule has 3 aromatic rings. The molecule has 7 nitrogen and oxygen atoms in total. The van der Waals surface area contributed by atoms with Gasteiger partial charge in [0.15, 0.2) is 5.69 Å². The molecule has 1 amide bonds. The fourth-order valence-corrected chi connectivity index (χ4v) is 4.56. The summed E-state index contributed by atoms with van der Waals surface area (Å²) in [6.45, 7) is 6.42. The van der Waals surface area contributed by atoms with E-state index in [4.69, 9.17) is 14.5 Å². The predicted molar refractivity (Wildman–Crippen MR) is 130 cm³/mol. The second-order valence-corrected chi connectivity index (χ2v) is 8.59. The van der Waals surface area contributed by atoms with Gasteiger partial charge in [-0.15, -0.1) is 10.2 Å². The number of thioether (sulfide) groups is 1. The van der Waals surface area contributed by atoms with Crippen LogP contribution in [0.4, 0.5) is 5.69 Å². The number of aromatic nitrogens is 3. The summed E-state index contributed by atoms with van der Waals surface area (Å²) in [6.07, 6.45) is 1.73. The van der Waals surface area contributed by atoms with Gasteiger partial charge >= 0.3 is 0 Å². The van der Waals surface area contributed by atoms with Crippen LogP contribution in [-0.4, -0.2) is 33.4 Å². The molecule has 0 radical (unpaired) electrons. The van der Waals surface area contributed by atoms with Gasteiger partial charge in [-0.1, -0.05) is 62.4 Å². The molecule has 0 saturated carbocycles. The number of carbonyl (C=O) groups excluding carboxylic acids is 1. The summed E-state index contributed by atoms with van der Waals surface area (Å²) in [5, 5.41) is 9.37. The third-order valence-electron chi connectivity index (χ3n) is 5.30. The molecule has 0 saturated heterocycles. The third kappa shape index (κ3) is 4.80. The minimum atomic E-state index is -0.757. The van der Waals surface area contributed by atoms with Crippen LogP contribution in [0.25, 0.3) is 11.3 Å². The van der Waals surface area contributed by atoms with E-state index in [1.54, 1.807) is 16.7 Å². The highest BCUT2D eigenvalue weighted by Crippen LogP contribution is 2.45. The monoisotopic (exact) mass is 464 g/mol. The predicted octanol–water partition coefficient (Wildman–Crippen LogP) is 5.66. The fraction of sp³-hybridized carbons (Fsp3) is 0.360. The van der Waals surface area contributed by atoms with Gasteiger partial charge in [0.05, 0.1) is 17.9 Å². The maximum Gasteiger partial charge on any atom is 0.247 e. The van der Waals surface area contributed by atoms with E-state index in [1.165, 1.54) is 0 Å². The van der Waals surface area contributed by atoms with Gasteiger partial charge in [0, 0.05) is 17.7 Å². The molecular weight excluding hydrogens is 436 g/mol. The topological polar surface area (TPSA) is 77.4 Å². The van der Waals surface area contributed by atoms with Crippen molar-refractivity contribution in [2.75, 3.05) is 17.3 Å². The van der Waals surface area contributed by atoms with Crippen LogP contribution in [-0.2, 0) is 4.79 Å². The second kappa shape index (κ2) is 10.7. The number of rotatable bonds is 8. The lowest BCUT2D eigenvalue weighted by Gasteiger charge is -2.31. The number of unbranched alkanes of at least 4 members (excludes halogenated alkanes) is 1. The Kier molecular flexibility index (Phi) is 7.44. The van der Waals surface area contributed by atoms with Crippen LogP contribution in [0.5, 0.6) is 11.6 Å². The number of amides is 1. The van der Waals surface area contributed by atoms with E-state index in [0.29, 0.717) is 41.2 Å². The Morgan fingerprint density at radius 1 is 1.09 bits per heavy atom. The van der Waals surface area contributed by atoms with Crippen molar-refractivity contribution in [2.24, 2.45) is 0 Å². The van der Waals surface area contributed by atoms with Gasteiger partial charge in [0.2, 0.25) is 23.2 Å². The lowest BCUT2D eigenvalue weighted by Crippen LogP contribution is -2.37. The highest BCUT2D eigenvalue weighted by molar-refractivity contribution is 7.99. The Morgan fingerprint density at radius 2 is 1.88 bits per heavy atom. The molecule has 2 heterocycles. The Hall–Kier alpha value is -3.13. The smallest absolute Gasteiger partial charge is 0.247 e. The number of fused-ring (bicyclic) bond motifs is 3. The van der Waals surface area contributed by atoms with Gasteiger partial charge in [-0.05, 0) is 31.5 Å². The molecule has 1 atom stereocenters. The summed E-state index contributed by atoms with van der Waals surface area (Å²) >= 11 is 1.56. The highest BCUT2D eigenvalue weighted by Gasteiger charge is 2.36. The Morgan fingerprint density at radius 3 is 2.67 bits per heavy atom. The minimum absolute atomic E-state index is 0.0722. The maximum absolute atomic E-state index is 13.3. The molecule has 172 valence electrons. The molecular formula is C25H28N4O3S. The first-order valence-electron chi connectivity index (χ1n) is 11.3. The molecule has 8 heteroatoms. The molecule has 2 aromatic carbocycles. The Balaban J connectivity index is 1.88. The van der Waals surface area contributed by atoms with Gasteiger partial charge < -0.3 is 9.47 Å². The highest BCUT2D eigenvalue weighted by atomic mass is 32.2. The Bertz CT molecular complexity index is 1120. The summed E-state index contributed by atoms with van der Waals surface area (Å²) in [4.78, 5) is 19.7. The van der Waals surface area contributed by atoms with Gasteiger partial charge in [0.25, 0.3) is 0 Å². The number of para-hydroxylation sites is 2. The first-order chi connectivity index (χ1) is 16.2. The van der Waals surface area contributed by atoms with Gasteiger partial charge in [-0.3, -0.25) is 9.69 Å². The molecule has 0 spiro atoms. The van der Waals surface area contributed by atoms with Crippen LogP contribution in [0.15, 0.2) is 53.7 Å². The van der Waals surface area contributed by atoms with E-state index in [0.717, 1.165) is 29.7 Å². The average molecular weight is 465 g/mol. The van der Waals surface area contributed by atoms with Gasteiger partial charge in [-0.25, -0.2) is 0 Å². The molecule has 0 aliphatic carbocycles. The first kappa shape index (κ1) is 23.0. The normalized spacial score (nSPS) is 14.6. The zero-order valence-electron chi connectivity index (χ0n) is 19.2. The number of anilines is 1. The van der Waals surface area contributed by atoms with Crippen LogP contribution in [0.1, 0.15) is 51.8 Å². The van der Waals surface area contributed by atoms with Crippen molar-refractivity contribution < 1.29 is 14.3 Å². The van der Waals surface area contributed by atoms with E-state index < -0.39 is 6.23 Å². The quantitative estimate of drug-likeness (QED) is 0.314. The molecule has 4 rings (SSSR count). The summed E-state index contributed by atoms with van der Waals surface area (Å²) in [5.41, 5.74) is 2.75. The first-order valence-corrected chi connectivity index (χ1v) is 12.3. The van der Waals surface area contributed by atoms with Crippen LogP contribution < -0.4 is 14.4 Å². The third-order valence-corrected chi connectivity index (χ3v) is 6.22. The number of carbonyl (C=O) groups is 1. The molecule has 33 heavy (non-hydrogen) atoms. The molecule has 1 aliphatic heterocycles. The number of ether oxygens (including phenoxy) is 2. The molecule has 0 unspecified atom stereocenters. The van der Waals surface area contributed by atoms with E-state index in [-0.39, 0.29) is 5.91 Å². The van der Waals surface area contributed by atoms with Crippen LogP contribution >= 0.6 is 11.8 Å². The van der Waals surface area contributed by atoms with Gasteiger partial charge in [0.1, 0.15) is 5.75 Å². The molecule has 1 aromatic heterocycles. The molecule has 0 bridgehead atoms. The number of benzene rings is 2. The largest absolute Gasteiger partial charge is 0.493 e. The van der Waals surface area contributed by atoms with Crippen molar-refractivity contribution in [2.45, 2.75) is 51.4 Å². The zero-order valence-corrected chi connectivity index (χ0v) is 20.0. The summed E-state index contributed by atoms with van der Waals surface area (Å²) in [7, 11) is 0. The lowest BCUT2D eigenvalue weighted by atomic mass is 10.1. The minimum Gasteiger partial charge on any atom is -0.493 e. The fourth-order valence-electron chi connectivity index (χ4n) is 3.70. The lowest BCUT2D eigenvalue weighted by molar-refractivity contribution is -0.120. The van der Waals surface area contributed by atoms with Gasteiger partial charge in [-0.2, -0.15) is 4.98 Å². The van der Waals surface area contributed by atoms with Crippen molar-refractivity contribution in [1.82, 2.24) is 15.2 Å². The SMILES string of the molecule is CCCCSc1nnc2c(n1)O[C@@H](c1ccccc1OCC)N(C(=O)CC)c1ccccc1-2. The molecule has 0 N–H and O–H groups in total. The van der Waals surface area contributed by atoms with Crippen molar-refractivity contribution in [3.63, 3.8) is 0 Å². The van der Waals surface area contributed by atoms with E-state index >= 15 is 0 Å². The number of hydrogen-bond acceptors (Lipinski definition) is 7.